The predicted molar refractivity (Wildman–Crippen MR) is 66.1 cm³/mol. The van der Waals surface area contributed by atoms with Crippen molar-refractivity contribution >= 4 is 56.7 Å². The Bertz CT molecular complexity index is 410. The molecule has 0 bridgehead atoms. The molecule has 16 heavy (non-hydrogen) atoms. The lowest BCUT2D eigenvalue weighted by molar-refractivity contribution is 0.598. The van der Waals surface area contributed by atoms with Gasteiger partial charge in [-0.2, -0.15) is 13.4 Å². The lowest BCUT2D eigenvalue weighted by atomic mass is 10.8. The Balaban J connectivity index is 5.17. The third-order valence-corrected chi connectivity index (χ3v) is 3.96. The van der Waals surface area contributed by atoms with E-state index in [2.05, 4.69) is 9.39 Å². The molecule has 0 unspecified atom stereocenters. The minimum atomic E-state index is -4.39. The second-order valence-electron chi connectivity index (χ2n) is 2.73. The Morgan fingerprint density at radius 1 is 1.25 bits per heavy atom. The minimum Gasteiger partial charge on any atom is -0.369 e. The van der Waals surface area contributed by atoms with Crippen LogP contribution in [0.25, 0.3) is 0 Å². The highest BCUT2D eigenvalue weighted by atomic mass is 35.6. The number of guanidine groups is 2. The molecular formula is C5H10Cl3N5O2S. The molecule has 0 amide bonds. The van der Waals surface area contributed by atoms with Gasteiger partial charge >= 0.3 is 13.1 Å². The van der Waals surface area contributed by atoms with E-state index in [1.807, 2.05) is 0 Å². The fourth-order valence-corrected chi connectivity index (χ4v) is 1.11. The first-order valence-electron chi connectivity index (χ1n) is 3.65. The van der Waals surface area contributed by atoms with E-state index < -0.39 is 19.1 Å². The fraction of sp³-hybridized carbons (Fsp3) is 0.600. The second-order valence-corrected chi connectivity index (χ2v) is 7.43. The van der Waals surface area contributed by atoms with Gasteiger partial charge < -0.3 is 16.4 Å². The van der Waals surface area contributed by atoms with Gasteiger partial charge in [0.1, 0.15) is 0 Å². The van der Waals surface area contributed by atoms with E-state index in [1.54, 1.807) is 14.1 Å². The Labute approximate surface area is 108 Å². The smallest absolute Gasteiger partial charge is 0.313 e. The van der Waals surface area contributed by atoms with Gasteiger partial charge in [-0.05, 0) is 0 Å². The molecule has 94 valence electrons. The van der Waals surface area contributed by atoms with Gasteiger partial charge in [-0.15, -0.1) is 4.40 Å². The molecule has 0 atom stereocenters. The summed E-state index contributed by atoms with van der Waals surface area (Å²) in [6.07, 6.45) is 0. The molecule has 0 saturated carbocycles. The molecule has 7 nitrogen and oxygen atoms in total. The van der Waals surface area contributed by atoms with Crippen molar-refractivity contribution in [3.05, 3.63) is 0 Å². The molecule has 0 rings (SSSR count). The molecule has 0 aromatic carbocycles. The van der Waals surface area contributed by atoms with Crippen molar-refractivity contribution < 1.29 is 8.42 Å². The maximum atomic E-state index is 11.2. The summed E-state index contributed by atoms with van der Waals surface area (Å²) < 4.78 is 22.8. The molecule has 0 spiro atoms. The van der Waals surface area contributed by atoms with Crippen LogP contribution in [-0.4, -0.2) is 42.5 Å². The monoisotopic (exact) mass is 309 g/mol. The SMILES string of the molecule is CN(C)/C(N)=N/C(N)=N/S(=O)(=O)C(Cl)(Cl)Cl. The molecule has 0 aliphatic heterocycles. The van der Waals surface area contributed by atoms with E-state index in [-0.39, 0.29) is 5.96 Å². The number of alkyl halides is 3. The Morgan fingerprint density at radius 2 is 1.69 bits per heavy atom. The molecule has 0 aliphatic rings. The van der Waals surface area contributed by atoms with E-state index in [0.717, 1.165) is 0 Å². The number of hydrogen-bond donors (Lipinski definition) is 2. The van der Waals surface area contributed by atoms with Crippen LogP contribution in [0, 0.1) is 0 Å². The molecule has 0 fully saturated rings. The van der Waals surface area contributed by atoms with Crippen molar-refractivity contribution in [2.45, 2.75) is 3.12 Å². The van der Waals surface area contributed by atoms with Crippen LogP contribution >= 0.6 is 34.8 Å². The van der Waals surface area contributed by atoms with Crippen LogP contribution < -0.4 is 11.5 Å². The zero-order chi connectivity index (χ0) is 13.1. The number of aliphatic imine (C=N–C) groups is 1. The van der Waals surface area contributed by atoms with Crippen molar-refractivity contribution in [1.82, 2.24) is 4.90 Å². The molecule has 0 radical (unpaired) electrons. The van der Waals surface area contributed by atoms with Crippen molar-refractivity contribution in [2.24, 2.45) is 20.9 Å². The van der Waals surface area contributed by atoms with Gasteiger partial charge in [-0.1, -0.05) is 34.8 Å². The van der Waals surface area contributed by atoms with E-state index in [0.29, 0.717) is 0 Å². The maximum absolute atomic E-state index is 11.2. The molecule has 0 heterocycles. The first kappa shape index (κ1) is 15.6. The predicted octanol–water partition coefficient (Wildman–Crippen LogP) is -0.165. The van der Waals surface area contributed by atoms with Crippen molar-refractivity contribution in [3.8, 4) is 0 Å². The third-order valence-electron chi connectivity index (χ3n) is 1.19. The van der Waals surface area contributed by atoms with Crippen molar-refractivity contribution in [2.75, 3.05) is 14.1 Å². The van der Waals surface area contributed by atoms with Crippen molar-refractivity contribution in [3.63, 3.8) is 0 Å². The molecule has 0 aromatic rings. The van der Waals surface area contributed by atoms with E-state index in [9.17, 15) is 8.42 Å². The molecule has 0 aromatic heterocycles. The summed E-state index contributed by atoms with van der Waals surface area (Å²) in [7, 11) is -1.23. The molecule has 0 saturated heterocycles. The average molecular weight is 311 g/mol. The minimum absolute atomic E-state index is 0.0410. The average Bonchev–Trinajstić information content (AvgIpc) is 1.99. The number of nitrogens with zero attached hydrogens (tertiary/aromatic N) is 3. The molecule has 11 heteroatoms. The van der Waals surface area contributed by atoms with E-state index >= 15 is 0 Å². The Hall–Kier alpha value is -0.440. The topological polar surface area (TPSA) is 114 Å². The Kier molecular flexibility index (Phi) is 5.12. The van der Waals surface area contributed by atoms with Crippen LogP contribution in [-0.2, 0) is 10.0 Å². The highest BCUT2D eigenvalue weighted by molar-refractivity contribution is 7.96. The standard InChI is InChI=1S/C5H10Cl3N5O2S/c1-13(2)4(10)11-3(9)12-16(14,15)5(6,7)8/h1-2H3,(H4,9,10,11,12). The lowest BCUT2D eigenvalue weighted by Crippen LogP contribution is -2.33. The fourth-order valence-electron chi connectivity index (χ4n) is 0.413. The Morgan fingerprint density at radius 3 is 2.00 bits per heavy atom. The van der Waals surface area contributed by atoms with Crippen LogP contribution in [0.5, 0.6) is 0 Å². The summed E-state index contributed by atoms with van der Waals surface area (Å²) in [4.78, 5) is 4.86. The number of halogens is 3. The summed E-state index contributed by atoms with van der Waals surface area (Å²) in [6.45, 7) is 0. The highest BCUT2D eigenvalue weighted by Gasteiger charge is 2.38. The number of nitrogens with two attached hydrogens (primary N) is 2. The van der Waals surface area contributed by atoms with Gasteiger partial charge in [0.15, 0.2) is 5.96 Å². The van der Waals surface area contributed by atoms with E-state index in [1.165, 1.54) is 4.90 Å². The quantitative estimate of drug-likeness (QED) is 0.396. The first-order valence-corrected chi connectivity index (χ1v) is 6.23. The second kappa shape index (κ2) is 5.26. The summed E-state index contributed by atoms with van der Waals surface area (Å²) in [5.74, 6) is -0.668. The van der Waals surface area contributed by atoms with Crippen molar-refractivity contribution in [1.29, 1.82) is 0 Å². The third kappa shape index (κ3) is 4.60. The molecule has 4 N–H and O–H groups in total. The van der Waals surface area contributed by atoms with Gasteiger partial charge in [0.05, 0.1) is 0 Å². The number of rotatable bonds is 1. The van der Waals surface area contributed by atoms with Crippen LogP contribution in [0.3, 0.4) is 0 Å². The highest BCUT2D eigenvalue weighted by Crippen LogP contribution is 2.33. The van der Waals surface area contributed by atoms with Gasteiger partial charge in [-0.3, -0.25) is 0 Å². The van der Waals surface area contributed by atoms with Gasteiger partial charge in [0, 0.05) is 14.1 Å². The van der Waals surface area contributed by atoms with Gasteiger partial charge in [-0.25, -0.2) is 0 Å². The lowest BCUT2D eigenvalue weighted by Gasteiger charge is -2.10. The van der Waals surface area contributed by atoms with Crippen LogP contribution in [0.1, 0.15) is 0 Å². The van der Waals surface area contributed by atoms with E-state index in [4.69, 9.17) is 46.3 Å². The summed E-state index contributed by atoms with van der Waals surface area (Å²) in [5, 5.41) is 0. The first-order chi connectivity index (χ1) is 6.97. The van der Waals surface area contributed by atoms with Gasteiger partial charge in [0.25, 0.3) is 0 Å². The van der Waals surface area contributed by atoms with Crippen LogP contribution in [0.4, 0.5) is 0 Å². The van der Waals surface area contributed by atoms with Crippen LogP contribution in [0.15, 0.2) is 9.39 Å². The number of hydrogen-bond acceptors (Lipinski definition) is 2. The van der Waals surface area contributed by atoms with Gasteiger partial charge in [0.2, 0.25) is 5.96 Å². The molecule has 0 aliphatic carbocycles. The summed E-state index contributed by atoms with van der Waals surface area (Å²) >= 11 is 15.5. The normalized spacial score (nSPS) is 15.1. The summed E-state index contributed by atoms with van der Waals surface area (Å²) in [5.41, 5.74) is 10.6. The number of sulfonamides is 1. The molecular weight excluding hydrogens is 301 g/mol. The largest absolute Gasteiger partial charge is 0.369 e. The maximum Gasteiger partial charge on any atom is 0.313 e. The zero-order valence-corrected chi connectivity index (χ0v) is 11.4. The van der Waals surface area contributed by atoms with Crippen LogP contribution in [0.2, 0.25) is 0 Å². The zero-order valence-electron chi connectivity index (χ0n) is 8.35. The summed E-state index contributed by atoms with van der Waals surface area (Å²) in [6, 6.07) is 0.